The maximum atomic E-state index is 13.5. The molecule has 0 aliphatic rings. The van der Waals surface area contributed by atoms with E-state index in [0.29, 0.717) is 5.02 Å². The maximum Gasteiger partial charge on any atom is 0.264 e. The highest BCUT2D eigenvalue weighted by atomic mass is 35.5. The predicted octanol–water partition coefficient (Wildman–Crippen LogP) is 6.30. The lowest BCUT2D eigenvalue weighted by atomic mass is 9.96. The number of amides is 1. The fourth-order valence-corrected chi connectivity index (χ4v) is 5.44. The summed E-state index contributed by atoms with van der Waals surface area (Å²) >= 11 is 12.2. The molecule has 34 heavy (non-hydrogen) atoms. The molecule has 0 radical (unpaired) electrons. The van der Waals surface area contributed by atoms with Crippen LogP contribution in [0.5, 0.6) is 0 Å². The number of hydrogen-bond donors (Lipinski definition) is 1. The van der Waals surface area contributed by atoms with Crippen LogP contribution in [-0.4, -0.2) is 20.9 Å². The first-order valence-electron chi connectivity index (χ1n) is 10.8. The monoisotopic (exact) mass is 518 g/mol. The van der Waals surface area contributed by atoms with Crippen LogP contribution in [-0.2, 0) is 14.8 Å². The fourth-order valence-electron chi connectivity index (χ4n) is 3.74. The van der Waals surface area contributed by atoms with Gasteiger partial charge in [0.2, 0.25) is 5.91 Å². The number of halogens is 2. The Hall–Kier alpha value is -2.54. The van der Waals surface area contributed by atoms with Gasteiger partial charge in [0, 0.05) is 0 Å². The molecule has 0 aliphatic carbocycles. The summed E-state index contributed by atoms with van der Waals surface area (Å²) in [4.78, 5) is 13.2. The molecule has 1 N–H and O–H groups in total. The lowest BCUT2D eigenvalue weighted by molar-refractivity contribution is -0.120. The molecule has 3 rings (SSSR count). The summed E-state index contributed by atoms with van der Waals surface area (Å²) in [5.74, 6) is -0.438. The highest BCUT2D eigenvalue weighted by Gasteiger charge is 2.28. The summed E-state index contributed by atoms with van der Waals surface area (Å²) in [6, 6.07) is 14.8. The zero-order valence-electron chi connectivity index (χ0n) is 19.8. The molecule has 8 heteroatoms. The highest BCUT2D eigenvalue weighted by Crippen LogP contribution is 2.31. The first-order chi connectivity index (χ1) is 15.9. The number of carbonyl (C=O) groups is 1. The fraction of sp³-hybridized carbons (Fsp3) is 0.269. The second-order valence-corrected chi connectivity index (χ2v) is 11.2. The zero-order valence-corrected chi connectivity index (χ0v) is 22.1. The molecular formula is C26H28Cl2N2O3S. The molecule has 0 unspecified atom stereocenters. The van der Waals surface area contributed by atoms with Gasteiger partial charge in [0.25, 0.3) is 10.0 Å². The standard InChI is InChI=1S/C26H28Cl2N2O3S/c1-16-6-9-22(10-7-16)34(32,33)30(21-8-11-24(27)25(28)14-21)15-26(31)29-20(5)23-13-18(3)17(2)12-19(23)4/h6-14,20H,15H2,1-5H3,(H,29,31)/t20-/m0/s1. The highest BCUT2D eigenvalue weighted by molar-refractivity contribution is 7.92. The summed E-state index contributed by atoms with van der Waals surface area (Å²) in [6.45, 7) is 9.40. The van der Waals surface area contributed by atoms with E-state index in [9.17, 15) is 13.2 Å². The minimum atomic E-state index is -4.05. The largest absolute Gasteiger partial charge is 0.348 e. The molecule has 0 saturated carbocycles. The van der Waals surface area contributed by atoms with Crippen LogP contribution in [0.25, 0.3) is 0 Å². The molecule has 0 heterocycles. The topological polar surface area (TPSA) is 66.5 Å². The van der Waals surface area contributed by atoms with Gasteiger partial charge in [-0.05, 0) is 87.2 Å². The SMILES string of the molecule is Cc1ccc(S(=O)(=O)N(CC(=O)N[C@@H](C)c2cc(C)c(C)cc2C)c2ccc(Cl)c(Cl)c2)cc1. The van der Waals surface area contributed by atoms with Crippen molar-refractivity contribution in [3.63, 3.8) is 0 Å². The third-order valence-electron chi connectivity index (χ3n) is 5.81. The molecule has 0 saturated heterocycles. The van der Waals surface area contributed by atoms with Crippen LogP contribution >= 0.6 is 23.2 Å². The Balaban J connectivity index is 1.94. The maximum absolute atomic E-state index is 13.5. The van der Waals surface area contributed by atoms with Crippen molar-refractivity contribution in [1.82, 2.24) is 5.32 Å². The van der Waals surface area contributed by atoms with Gasteiger partial charge < -0.3 is 5.32 Å². The van der Waals surface area contributed by atoms with Gasteiger partial charge in [-0.3, -0.25) is 9.10 Å². The first-order valence-corrected chi connectivity index (χ1v) is 13.0. The second kappa shape index (κ2) is 10.4. The molecule has 0 spiro atoms. The van der Waals surface area contributed by atoms with Gasteiger partial charge in [-0.1, -0.05) is 53.0 Å². The Kier molecular flexibility index (Phi) is 7.96. The number of nitrogens with zero attached hydrogens (tertiary/aromatic N) is 1. The Morgan fingerprint density at radius 1 is 0.882 bits per heavy atom. The summed E-state index contributed by atoms with van der Waals surface area (Å²) in [5.41, 5.74) is 5.52. The van der Waals surface area contributed by atoms with Crippen molar-refractivity contribution in [2.24, 2.45) is 0 Å². The van der Waals surface area contributed by atoms with Crippen LogP contribution in [0.1, 0.15) is 40.8 Å². The average Bonchev–Trinajstić information content (AvgIpc) is 2.76. The van der Waals surface area contributed by atoms with Crippen molar-refractivity contribution in [3.05, 3.63) is 92.5 Å². The lowest BCUT2D eigenvalue weighted by Gasteiger charge is -2.26. The number of sulfonamides is 1. The number of carbonyl (C=O) groups excluding carboxylic acids is 1. The van der Waals surface area contributed by atoms with Crippen LogP contribution in [0.2, 0.25) is 10.0 Å². The number of benzene rings is 3. The van der Waals surface area contributed by atoms with Crippen molar-refractivity contribution >= 4 is 44.8 Å². The Morgan fingerprint density at radius 2 is 1.50 bits per heavy atom. The lowest BCUT2D eigenvalue weighted by Crippen LogP contribution is -2.41. The quantitative estimate of drug-likeness (QED) is 0.399. The van der Waals surface area contributed by atoms with E-state index in [1.54, 1.807) is 12.1 Å². The third-order valence-corrected chi connectivity index (χ3v) is 8.34. The van der Waals surface area contributed by atoms with E-state index in [0.717, 1.165) is 26.6 Å². The van der Waals surface area contributed by atoms with E-state index < -0.39 is 22.5 Å². The van der Waals surface area contributed by atoms with Gasteiger partial charge in [-0.2, -0.15) is 0 Å². The van der Waals surface area contributed by atoms with Gasteiger partial charge in [0.15, 0.2) is 0 Å². The van der Waals surface area contributed by atoms with E-state index in [1.807, 2.05) is 34.6 Å². The molecule has 3 aromatic rings. The molecule has 0 bridgehead atoms. The van der Waals surface area contributed by atoms with Crippen LogP contribution in [0.4, 0.5) is 5.69 Å². The van der Waals surface area contributed by atoms with Crippen molar-refractivity contribution in [1.29, 1.82) is 0 Å². The van der Waals surface area contributed by atoms with Crippen molar-refractivity contribution in [2.75, 3.05) is 10.8 Å². The Bertz CT molecular complexity index is 1320. The van der Waals surface area contributed by atoms with Crippen LogP contribution < -0.4 is 9.62 Å². The summed E-state index contributed by atoms with van der Waals surface area (Å²) in [5, 5.41) is 3.43. The molecule has 0 aliphatic heterocycles. The van der Waals surface area contributed by atoms with Crippen LogP contribution in [0.3, 0.4) is 0 Å². The molecular weight excluding hydrogens is 491 g/mol. The van der Waals surface area contributed by atoms with Gasteiger partial charge in [-0.25, -0.2) is 8.42 Å². The summed E-state index contributed by atoms with van der Waals surface area (Å²) in [6.07, 6.45) is 0. The predicted molar refractivity (Wildman–Crippen MR) is 139 cm³/mol. The van der Waals surface area contributed by atoms with Gasteiger partial charge in [-0.15, -0.1) is 0 Å². The van der Waals surface area contributed by atoms with E-state index in [1.165, 1.54) is 35.9 Å². The van der Waals surface area contributed by atoms with Gasteiger partial charge in [0.1, 0.15) is 6.54 Å². The first kappa shape index (κ1) is 26.1. The number of rotatable bonds is 7. The van der Waals surface area contributed by atoms with Crippen LogP contribution in [0.15, 0.2) is 59.5 Å². The molecule has 5 nitrogen and oxygen atoms in total. The zero-order chi connectivity index (χ0) is 25.2. The molecule has 0 fully saturated rings. The van der Waals surface area contributed by atoms with E-state index in [4.69, 9.17) is 23.2 Å². The third kappa shape index (κ3) is 5.74. The summed E-state index contributed by atoms with van der Waals surface area (Å²) < 4.78 is 28.1. The van der Waals surface area contributed by atoms with Crippen molar-refractivity contribution < 1.29 is 13.2 Å². The molecule has 3 aromatic carbocycles. The van der Waals surface area contributed by atoms with E-state index in [-0.39, 0.29) is 21.6 Å². The van der Waals surface area contributed by atoms with E-state index >= 15 is 0 Å². The van der Waals surface area contributed by atoms with Crippen LogP contribution in [0, 0.1) is 27.7 Å². The van der Waals surface area contributed by atoms with Gasteiger partial charge >= 0.3 is 0 Å². The molecule has 180 valence electrons. The minimum absolute atomic E-state index is 0.0787. The normalized spacial score (nSPS) is 12.3. The van der Waals surface area contributed by atoms with E-state index in [2.05, 4.69) is 17.4 Å². The number of anilines is 1. The van der Waals surface area contributed by atoms with Gasteiger partial charge in [0.05, 0.1) is 26.7 Å². The molecule has 1 atom stereocenters. The minimum Gasteiger partial charge on any atom is -0.348 e. The Morgan fingerprint density at radius 3 is 2.12 bits per heavy atom. The second-order valence-electron chi connectivity index (χ2n) is 8.51. The smallest absolute Gasteiger partial charge is 0.264 e. The summed E-state index contributed by atoms with van der Waals surface area (Å²) in [7, 11) is -4.05. The average molecular weight is 519 g/mol. The number of hydrogen-bond acceptors (Lipinski definition) is 3. The molecule has 0 aromatic heterocycles. The number of nitrogens with one attached hydrogen (secondary N) is 1. The Labute approximate surface area is 211 Å². The van der Waals surface area contributed by atoms with Crippen molar-refractivity contribution in [2.45, 2.75) is 45.6 Å². The molecule has 1 amide bonds. The number of aryl methyl sites for hydroxylation is 4. The van der Waals surface area contributed by atoms with Crippen molar-refractivity contribution in [3.8, 4) is 0 Å².